The van der Waals surface area contributed by atoms with Crippen LogP contribution in [0.3, 0.4) is 0 Å². The molecule has 0 aliphatic rings. The van der Waals surface area contributed by atoms with Crippen molar-refractivity contribution in [2.45, 2.75) is 45.1 Å². The number of allylic oxidation sites excluding steroid dienone is 1. The van der Waals surface area contributed by atoms with E-state index in [2.05, 4.69) is 14.7 Å². The van der Waals surface area contributed by atoms with Gasteiger partial charge in [-0.05, 0) is 48.8 Å². The Balaban J connectivity index is 2.57. The molecule has 1 aromatic heterocycles. The summed E-state index contributed by atoms with van der Waals surface area (Å²) in [7, 11) is 1.45. The number of benzene rings is 1. The maximum absolute atomic E-state index is 13.6. The lowest BCUT2D eigenvalue weighted by Crippen LogP contribution is -2.23. The lowest BCUT2D eigenvalue weighted by molar-refractivity contribution is -0.143. The lowest BCUT2D eigenvalue weighted by Gasteiger charge is -2.20. The van der Waals surface area contributed by atoms with Crippen LogP contribution in [-0.4, -0.2) is 57.6 Å². The van der Waals surface area contributed by atoms with Crippen molar-refractivity contribution in [1.82, 2.24) is 9.97 Å². The van der Waals surface area contributed by atoms with E-state index in [1.165, 1.54) is 35.9 Å². The fourth-order valence-corrected chi connectivity index (χ4v) is 3.43. The number of aliphatic hydroxyl groups is 1. The molecule has 3 atom stereocenters. The van der Waals surface area contributed by atoms with Crippen molar-refractivity contribution in [1.29, 1.82) is 0 Å². The predicted octanol–water partition coefficient (Wildman–Crippen LogP) is 3.42. The Labute approximate surface area is 201 Å². The highest BCUT2D eigenvalue weighted by Gasteiger charge is 2.21. The molecule has 0 aliphatic heterocycles. The lowest BCUT2D eigenvalue weighted by atomic mass is 9.95. The van der Waals surface area contributed by atoms with E-state index in [1.54, 1.807) is 25.3 Å². The minimum atomic E-state index is -1.37. The van der Waals surface area contributed by atoms with Gasteiger partial charge < -0.3 is 9.84 Å². The number of hydrogen-bond donors (Lipinski definition) is 1. The van der Waals surface area contributed by atoms with Crippen LogP contribution in [0.15, 0.2) is 30.3 Å². The monoisotopic (exact) mass is 491 g/mol. The van der Waals surface area contributed by atoms with Crippen molar-refractivity contribution in [2.75, 3.05) is 24.7 Å². The summed E-state index contributed by atoms with van der Waals surface area (Å²) in [5.41, 5.74) is 2.26. The fraction of sp³-hybridized carbons (Fsp3) is 0.417. The molecule has 1 heterocycles. The van der Waals surface area contributed by atoms with Gasteiger partial charge in [-0.2, -0.15) is 0 Å². The number of anilines is 1. The van der Waals surface area contributed by atoms with Gasteiger partial charge in [-0.1, -0.05) is 13.8 Å². The van der Waals surface area contributed by atoms with E-state index in [-0.39, 0.29) is 24.7 Å². The molecular weight excluding hydrogens is 461 g/mol. The molecule has 1 N–H and O–H groups in total. The maximum Gasteiger partial charge on any atom is 0.308 e. The van der Waals surface area contributed by atoms with Crippen LogP contribution in [0.25, 0.3) is 17.3 Å². The number of methoxy groups -OCH3 is 1. The molecule has 184 valence electrons. The number of ether oxygens (including phenoxy) is 1. The Kier molecular flexibility index (Phi) is 10.0. The summed E-state index contributed by atoms with van der Waals surface area (Å²) in [6.45, 7) is 3.97. The highest BCUT2D eigenvalue weighted by Crippen LogP contribution is 2.32. The van der Waals surface area contributed by atoms with Crippen LogP contribution < -0.4 is 4.31 Å². The van der Waals surface area contributed by atoms with E-state index in [9.17, 15) is 23.3 Å². The van der Waals surface area contributed by atoms with Crippen molar-refractivity contribution in [3.63, 3.8) is 0 Å². The molecular formula is C24H30FN3O5S. The summed E-state index contributed by atoms with van der Waals surface area (Å²) in [5, 5.41) is 9.96. The van der Waals surface area contributed by atoms with E-state index in [0.717, 1.165) is 6.42 Å². The van der Waals surface area contributed by atoms with Gasteiger partial charge in [0.05, 0.1) is 31.0 Å². The first-order valence-electron chi connectivity index (χ1n) is 10.8. The highest BCUT2D eigenvalue weighted by atomic mass is 32.2. The van der Waals surface area contributed by atoms with Crippen LogP contribution in [0.2, 0.25) is 0 Å². The van der Waals surface area contributed by atoms with Gasteiger partial charge in [0, 0.05) is 30.9 Å². The molecule has 10 heteroatoms. The van der Waals surface area contributed by atoms with Crippen LogP contribution in [0.1, 0.15) is 50.3 Å². The summed E-state index contributed by atoms with van der Waals surface area (Å²) < 4.78 is 31.6. The normalized spacial score (nSPS) is 14.0. The third-order valence-corrected chi connectivity index (χ3v) is 6.26. The SMILES string of the molecule is CCC(C)c1nc(N(C)S(C)=O)nc(-c2ccc(F)cc2)c1/C=C/C(=O)C[C@@H](O)CC(=O)OC. The molecule has 8 nitrogen and oxygen atoms in total. The van der Waals surface area contributed by atoms with Crippen LogP contribution in [0.4, 0.5) is 10.3 Å². The van der Waals surface area contributed by atoms with E-state index in [4.69, 9.17) is 0 Å². The topological polar surface area (TPSA) is 110 Å². The molecule has 2 unspecified atom stereocenters. The number of carbonyl (C=O) groups is 2. The van der Waals surface area contributed by atoms with Gasteiger partial charge in [0.25, 0.3) is 0 Å². The van der Waals surface area contributed by atoms with Gasteiger partial charge in [0.15, 0.2) is 5.78 Å². The minimum Gasteiger partial charge on any atom is -0.469 e. The van der Waals surface area contributed by atoms with Crippen molar-refractivity contribution in [3.05, 3.63) is 47.4 Å². The third-order valence-electron chi connectivity index (χ3n) is 5.33. The second-order valence-corrected chi connectivity index (χ2v) is 9.24. The van der Waals surface area contributed by atoms with E-state index >= 15 is 0 Å². The van der Waals surface area contributed by atoms with Gasteiger partial charge in [0.2, 0.25) is 5.95 Å². The number of hydrogen-bond acceptors (Lipinski definition) is 7. The number of nitrogens with zero attached hydrogens (tertiary/aromatic N) is 3. The largest absolute Gasteiger partial charge is 0.469 e. The fourth-order valence-electron chi connectivity index (χ4n) is 3.12. The average molecular weight is 492 g/mol. The molecule has 0 radical (unpaired) electrons. The van der Waals surface area contributed by atoms with Crippen LogP contribution in [0, 0.1) is 5.82 Å². The van der Waals surface area contributed by atoms with Gasteiger partial charge in [-0.25, -0.2) is 18.6 Å². The molecule has 0 aliphatic carbocycles. The maximum atomic E-state index is 13.6. The van der Waals surface area contributed by atoms with E-state index < -0.39 is 34.7 Å². The molecule has 0 saturated carbocycles. The second kappa shape index (κ2) is 12.5. The Morgan fingerprint density at radius 1 is 1.24 bits per heavy atom. The number of esters is 1. The third kappa shape index (κ3) is 7.26. The Morgan fingerprint density at radius 3 is 2.44 bits per heavy atom. The number of aliphatic hydroxyl groups excluding tert-OH is 1. The van der Waals surface area contributed by atoms with E-state index in [0.29, 0.717) is 22.5 Å². The highest BCUT2D eigenvalue weighted by molar-refractivity contribution is 7.85. The first-order valence-corrected chi connectivity index (χ1v) is 12.3. The number of rotatable bonds is 11. The standard InChI is InChI=1S/C24H30FN3O5S/c1-6-15(2)22-20(12-11-18(29)13-19(30)14-21(31)33-4)23(16-7-9-17(25)10-8-16)27-24(26-22)28(3)34(5)32/h7-12,15,19,30H,6,13-14H2,1-5H3/b12-11+/t15?,19-,34?/m1/s1. The van der Waals surface area contributed by atoms with Crippen LogP contribution in [-0.2, 0) is 25.3 Å². The molecule has 2 rings (SSSR count). The Bertz CT molecular complexity index is 1080. The van der Waals surface area contributed by atoms with Crippen molar-refractivity contribution < 1.29 is 28.0 Å². The Morgan fingerprint density at radius 2 is 1.88 bits per heavy atom. The number of aromatic nitrogens is 2. The van der Waals surface area contributed by atoms with Crippen molar-refractivity contribution >= 4 is 34.8 Å². The summed E-state index contributed by atoms with van der Waals surface area (Å²) in [6, 6.07) is 5.77. The first kappa shape index (κ1) is 27.3. The zero-order valence-electron chi connectivity index (χ0n) is 19.9. The number of halogens is 1. The molecule has 34 heavy (non-hydrogen) atoms. The van der Waals surface area contributed by atoms with Gasteiger partial charge in [0.1, 0.15) is 16.8 Å². The molecule has 1 aromatic carbocycles. The molecule has 0 bridgehead atoms. The molecule has 0 fully saturated rings. The minimum absolute atomic E-state index is 0.0284. The van der Waals surface area contributed by atoms with Gasteiger partial charge in [-0.15, -0.1) is 0 Å². The molecule has 0 amide bonds. The second-order valence-electron chi connectivity index (χ2n) is 7.85. The van der Waals surface area contributed by atoms with Crippen molar-refractivity contribution in [3.8, 4) is 11.3 Å². The molecule has 2 aromatic rings. The van der Waals surface area contributed by atoms with Crippen LogP contribution in [0.5, 0.6) is 0 Å². The zero-order valence-corrected chi connectivity index (χ0v) is 20.8. The molecule has 0 saturated heterocycles. The smallest absolute Gasteiger partial charge is 0.308 e. The number of carbonyl (C=O) groups excluding carboxylic acids is 2. The summed E-state index contributed by atoms with van der Waals surface area (Å²) in [4.78, 5) is 33.0. The summed E-state index contributed by atoms with van der Waals surface area (Å²) in [6.07, 6.45) is 3.42. The number of ketones is 1. The van der Waals surface area contributed by atoms with Crippen LogP contribution >= 0.6 is 0 Å². The van der Waals surface area contributed by atoms with E-state index in [1.807, 2.05) is 13.8 Å². The summed E-state index contributed by atoms with van der Waals surface area (Å²) >= 11 is 0. The predicted molar refractivity (Wildman–Crippen MR) is 130 cm³/mol. The first-order chi connectivity index (χ1) is 16.1. The Hall–Kier alpha value is -2.98. The molecule has 0 spiro atoms. The van der Waals surface area contributed by atoms with Crippen molar-refractivity contribution in [2.24, 2.45) is 0 Å². The zero-order chi connectivity index (χ0) is 25.4. The van der Waals surface area contributed by atoms with Gasteiger partial charge in [-0.3, -0.25) is 13.9 Å². The average Bonchev–Trinajstić information content (AvgIpc) is 2.81. The quantitative estimate of drug-likeness (QED) is 0.379. The van der Waals surface area contributed by atoms with Gasteiger partial charge >= 0.3 is 5.97 Å². The summed E-state index contributed by atoms with van der Waals surface area (Å²) in [5.74, 6) is -1.19.